The van der Waals surface area contributed by atoms with Crippen LogP contribution in [0.1, 0.15) is 68.3 Å². The summed E-state index contributed by atoms with van der Waals surface area (Å²) in [6.07, 6.45) is 2.34. The number of ketones is 3. The first-order valence-corrected chi connectivity index (χ1v) is 22.7. The molecule has 0 aliphatic heterocycles. The average Bonchev–Trinajstić information content (AvgIpc) is 3.32. The highest BCUT2D eigenvalue weighted by Gasteiger charge is 2.14. The van der Waals surface area contributed by atoms with Crippen LogP contribution in [0.3, 0.4) is 0 Å². The zero-order chi connectivity index (χ0) is 45.5. The third-order valence-corrected chi connectivity index (χ3v) is 11.7. The maximum Gasteiger partial charge on any atom is 0.307 e. The summed E-state index contributed by atoms with van der Waals surface area (Å²) in [4.78, 5) is 79.3. The quantitative estimate of drug-likeness (QED) is 0.0196. The number of fused-ring (bicyclic) bond motifs is 2. The Hall–Kier alpha value is -5.80. The molecule has 0 saturated carbocycles. The lowest BCUT2D eigenvalue weighted by Crippen LogP contribution is -2.29. The lowest BCUT2D eigenvalue weighted by atomic mass is 10.0. The molecule has 5 rings (SSSR count). The first-order chi connectivity index (χ1) is 31.1. The van der Waals surface area contributed by atoms with Gasteiger partial charge < -0.3 is 33.5 Å². The lowest BCUT2D eigenvalue weighted by molar-refractivity contribution is -0.147. The van der Waals surface area contributed by atoms with Gasteiger partial charge in [-0.05, 0) is 93.6 Å². The van der Waals surface area contributed by atoms with Gasteiger partial charge in [0.15, 0.2) is 22.8 Å². The van der Waals surface area contributed by atoms with E-state index in [0.717, 1.165) is 22.5 Å². The first-order valence-electron chi connectivity index (χ1n) is 21.9. The Morgan fingerprint density at radius 2 is 1.05 bits per heavy atom. The second-order valence-corrected chi connectivity index (χ2v) is 16.2. The predicted molar refractivity (Wildman–Crippen MR) is 248 cm³/mol. The second kappa shape index (κ2) is 26.7. The number of hydrogen-bond donors (Lipinski definition) is 0. The standard InChI is InChI=1S/C50H58N2O11S/c1-3-51(26-10-14-39(53)35-62-41-20-18-38(19-21-41)49(57)37-12-6-5-7-13-37)28-24-47(55)60-32-30-59-31-33-61-48(56)25-29-52(4-2)27-11-15-40(54)36-63-42-22-23-46-44(34-42)50(58)43-16-8-9-17-45(43)64-46/h5-9,12-13,16-23,34H,3-4,10-11,14-15,24-33,35-36H2,1-2H3. The van der Waals surface area contributed by atoms with Gasteiger partial charge in [-0.2, -0.15) is 0 Å². The zero-order valence-electron chi connectivity index (χ0n) is 36.8. The fourth-order valence-electron chi connectivity index (χ4n) is 6.83. The maximum atomic E-state index is 13.0. The lowest BCUT2D eigenvalue weighted by Gasteiger charge is -2.19. The number of esters is 2. The number of carbonyl (C=O) groups is 5. The molecule has 0 unspecified atom stereocenters. The number of Topliss-reactive ketones (excluding diaryl/α,β-unsaturated/α-hetero) is 2. The molecular weight excluding hydrogens is 837 g/mol. The molecule has 1 heterocycles. The number of hydrogen-bond acceptors (Lipinski definition) is 14. The van der Waals surface area contributed by atoms with E-state index in [1.54, 1.807) is 59.9 Å². The summed E-state index contributed by atoms with van der Waals surface area (Å²) in [6.45, 7) is 8.12. The van der Waals surface area contributed by atoms with Gasteiger partial charge in [0.1, 0.15) is 37.9 Å². The van der Waals surface area contributed by atoms with Gasteiger partial charge in [-0.1, -0.05) is 56.3 Å². The summed E-state index contributed by atoms with van der Waals surface area (Å²) >= 11 is 1.54. The van der Waals surface area contributed by atoms with Crippen LogP contribution in [0.15, 0.2) is 102 Å². The van der Waals surface area contributed by atoms with Crippen molar-refractivity contribution in [2.45, 2.75) is 52.4 Å². The monoisotopic (exact) mass is 894 g/mol. The fourth-order valence-corrected chi connectivity index (χ4v) is 7.88. The third kappa shape index (κ3) is 16.4. The van der Waals surface area contributed by atoms with E-state index in [4.69, 9.17) is 23.7 Å². The molecule has 0 aliphatic carbocycles. The molecule has 0 fully saturated rings. The highest BCUT2D eigenvalue weighted by atomic mass is 32.1. The predicted octanol–water partition coefficient (Wildman–Crippen LogP) is 7.33. The normalized spacial score (nSPS) is 11.2. The molecule has 0 N–H and O–H groups in total. The van der Waals surface area contributed by atoms with E-state index < -0.39 is 0 Å². The van der Waals surface area contributed by atoms with Gasteiger partial charge in [-0.25, -0.2) is 0 Å². The van der Waals surface area contributed by atoms with Crippen molar-refractivity contribution in [2.24, 2.45) is 0 Å². The van der Waals surface area contributed by atoms with Crippen LogP contribution >= 0.6 is 11.3 Å². The van der Waals surface area contributed by atoms with Gasteiger partial charge in [-0.3, -0.25) is 28.8 Å². The van der Waals surface area contributed by atoms with E-state index in [9.17, 15) is 28.8 Å². The van der Waals surface area contributed by atoms with Crippen molar-refractivity contribution in [3.8, 4) is 11.5 Å². The van der Waals surface area contributed by atoms with Crippen LogP contribution in [-0.4, -0.2) is 118 Å². The van der Waals surface area contributed by atoms with Gasteiger partial charge in [0, 0.05) is 57.2 Å². The van der Waals surface area contributed by atoms with E-state index in [-0.39, 0.29) is 87.2 Å². The molecular formula is C50H58N2O11S. The molecule has 64 heavy (non-hydrogen) atoms. The summed E-state index contributed by atoms with van der Waals surface area (Å²) in [5.74, 6) is 0.157. The Morgan fingerprint density at radius 3 is 1.64 bits per heavy atom. The van der Waals surface area contributed by atoms with E-state index >= 15 is 0 Å². The maximum absolute atomic E-state index is 13.0. The van der Waals surface area contributed by atoms with Crippen LogP contribution in [0.25, 0.3) is 20.2 Å². The van der Waals surface area contributed by atoms with Crippen molar-refractivity contribution in [3.63, 3.8) is 0 Å². The van der Waals surface area contributed by atoms with Crippen molar-refractivity contribution in [1.29, 1.82) is 0 Å². The van der Waals surface area contributed by atoms with E-state index in [1.807, 2.05) is 62.4 Å². The Balaban J connectivity index is 0.833. The fraction of sp³-hybridized carbons (Fsp3) is 0.400. The van der Waals surface area contributed by atoms with Crippen LogP contribution in [-0.2, 0) is 33.4 Å². The van der Waals surface area contributed by atoms with Crippen molar-refractivity contribution in [2.75, 3.05) is 78.9 Å². The van der Waals surface area contributed by atoms with Gasteiger partial charge in [0.25, 0.3) is 0 Å². The minimum Gasteiger partial charge on any atom is -0.486 e. The summed E-state index contributed by atoms with van der Waals surface area (Å²) in [7, 11) is 0. The number of carbonyl (C=O) groups excluding carboxylic acids is 5. The number of nitrogens with zero attached hydrogens (tertiary/aromatic N) is 2. The largest absolute Gasteiger partial charge is 0.486 e. The molecule has 0 bridgehead atoms. The van der Waals surface area contributed by atoms with Crippen molar-refractivity contribution in [3.05, 3.63) is 118 Å². The van der Waals surface area contributed by atoms with Crippen LogP contribution in [0.5, 0.6) is 11.5 Å². The molecule has 0 amide bonds. The molecule has 0 radical (unpaired) electrons. The first kappa shape index (κ1) is 49.2. The Morgan fingerprint density at radius 1 is 0.531 bits per heavy atom. The Bertz CT molecular complexity index is 2350. The second-order valence-electron chi connectivity index (χ2n) is 15.1. The molecule has 1 aromatic heterocycles. The van der Waals surface area contributed by atoms with Gasteiger partial charge >= 0.3 is 11.9 Å². The molecule has 0 saturated heterocycles. The minimum atomic E-state index is -0.346. The summed E-state index contributed by atoms with van der Waals surface area (Å²) in [6, 6.07) is 28.6. The highest BCUT2D eigenvalue weighted by molar-refractivity contribution is 7.24. The molecule has 0 spiro atoms. The summed E-state index contributed by atoms with van der Waals surface area (Å²) in [5, 5.41) is 1.24. The molecule has 4 aromatic carbocycles. The SMILES string of the molecule is CCN(CCCC(=O)COc1ccc(C(=O)c2ccccc2)cc1)CCC(=O)OCCOCCOC(=O)CCN(CC)CCCC(=O)COc1ccc2sc3ccccc3c(=O)c2c1. The molecule has 5 aromatic rings. The minimum absolute atomic E-state index is 0.0337. The third-order valence-electron chi connectivity index (χ3n) is 10.5. The van der Waals surface area contributed by atoms with Crippen molar-refractivity contribution < 1.29 is 47.7 Å². The topological polar surface area (TPSA) is 155 Å². The van der Waals surface area contributed by atoms with E-state index in [1.165, 1.54) is 0 Å². The number of benzene rings is 4. The molecule has 340 valence electrons. The van der Waals surface area contributed by atoms with E-state index in [0.29, 0.717) is 85.3 Å². The molecule has 0 aliphatic rings. The van der Waals surface area contributed by atoms with Crippen LogP contribution in [0.4, 0.5) is 0 Å². The van der Waals surface area contributed by atoms with Crippen molar-refractivity contribution >= 4 is 60.8 Å². The summed E-state index contributed by atoms with van der Waals surface area (Å²) < 4.78 is 29.2. The average molecular weight is 895 g/mol. The van der Waals surface area contributed by atoms with Crippen molar-refractivity contribution in [1.82, 2.24) is 9.80 Å². The molecule has 14 heteroatoms. The van der Waals surface area contributed by atoms with Crippen LogP contribution in [0, 0.1) is 0 Å². The smallest absolute Gasteiger partial charge is 0.307 e. The Labute approximate surface area is 378 Å². The van der Waals surface area contributed by atoms with E-state index in [2.05, 4.69) is 9.80 Å². The van der Waals surface area contributed by atoms with Gasteiger partial charge in [0.2, 0.25) is 0 Å². The number of rotatable bonds is 30. The zero-order valence-corrected chi connectivity index (χ0v) is 37.6. The van der Waals surface area contributed by atoms with Crippen LogP contribution in [0.2, 0.25) is 0 Å². The molecule has 13 nitrogen and oxygen atoms in total. The number of ether oxygens (including phenoxy) is 5. The van der Waals surface area contributed by atoms with Crippen LogP contribution < -0.4 is 14.9 Å². The van der Waals surface area contributed by atoms with Gasteiger partial charge in [0.05, 0.1) is 26.1 Å². The molecule has 0 atom stereocenters. The van der Waals surface area contributed by atoms with Gasteiger partial charge in [-0.15, -0.1) is 11.3 Å². The highest BCUT2D eigenvalue weighted by Crippen LogP contribution is 2.27. The Kier molecular flexibility index (Phi) is 20.6. The summed E-state index contributed by atoms with van der Waals surface area (Å²) in [5.41, 5.74) is 1.10.